The third-order valence-corrected chi connectivity index (χ3v) is 8.10. The van der Waals surface area contributed by atoms with Crippen LogP contribution in [0.4, 0.5) is 11.4 Å². The van der Waals surface area contributed by atoms with Gasteiger partial charge in [0, 0.05) is 35.3 Å². The summed E-state index contributed by atoms with van der Waals surface area (Å²) in [5, 5.41) is 11.1. The predicted molar refractivity (Wildman–Crippen MR) is 154 cm³/mol. The maximum absolute atomic E-state index is 13.2. The van der Waals surface area contributed by atoms with Gasteiger partial charge in [0.15, 0.2) is 0 Å². The summed E-state index contributed by atoms with van der Waals surface area (Å²) in [6.07, 6.45) is 5.68. The molecule has 2 aliphatic rings. The van der Waals surface area contributed by atoms with Crippen molar-refractivity contribution in [3.63, 3.8) is 0 Å². The number of hydrogen-bond acceptors (Lipinski definition) is 7. The maximum atomic E-state index is 13.2. The van der Waals surface area contributed by atoms with E-state index in [-0.39, 0.29) is 33.2 Å². The first-order valence-electron chi connectivity index (χ1n) is 13.1. The topological polar surface area (TPSA) is 98.5 Å². The van der Waals surface area contributed by atoms with E-state index in [2.05, 4.69) is 60.7 Å². The first-order chi connectivity index (χ1) is 18.9. The van der Waals surface area contributed by atoms with Crippen LogP contribution in [-0.4, -0.2) is 22.9 Å². The van der Waals surface area contributed by atoms with Crippen LogP contribution in [0.5, 0.6) is 5.88 Å². The molecule has 40 heavy (non-hydrogen) atoms. The van der Waals surface area contributed by atoms with Crippen molar-refractivity contribution in [2.24, 2.45) is 0 Å². The average molecular weight is 542 g/mol. The lowest BCUT2D eigenvalue weighted by atomic mass is 9.69. The maximum Gasteiger partial charge on any atom is 0.344 e. The molecule has 0 radical (unpaired) electrons. The van der Waals surface area contributed by atoms with Gasteiger partial charge in [-0.3, -0.25) is 9.68 Å². The lowest BCUT2D eigenvalue weighted by Crippen LogP contribution is -2.44. The standard InChI is InChI=1S/C31H31N3O6/c1-8-38-40-34-27(35)21(18(2)24(32-7)28(34)36)11-9-10-19-16-20-17-22-25-23(26(20)39-29(19)37)31(5,6)13-15-33(25)14-12-30(22,3)4/h8,10-11,16-17,36H,1,12-15H2,2-6H3. The highest BCUT2D eigenvalue weighted by molar-refractivity contribution is 5.91. The van der Waals surface area contributed by atoms with Gasteiger partial charge in [-0.1, -0.05) is 39.0 Å². The second kappa shape index (κ2) is 9.51. The van der Waals surface area contributed by atoms with Gasteiger partial charge in [0.1, 0.15) is 11.8 Å². The van der Waals surface area contributed by atoms with Crippen molar-refractivity contribution in [1.29, 1.82) is 0 Å². The smallest absolute Gasteiger partial charge is 0.344 e. The van der Waals surface area contributed by atoms with E-state index in [4.69, 9.17) is 16.0 Å². The van der Waals surface area contributed by atoms with Crippen LogP contribution >= 0.6 is 0 Å². The molecule has 4 heterocycles. The molecule has 5 rings (SSSR count). The fourth-order valence-corrected chi connectivity index (χ4v) is 5.69. The number of anilines is 1. The molecule has 2 aliphatic heterocycles. The molecular weight excluding hydrogens is 510 g/mol. The molecule has 9 heteroatoms. The zero-order valence-corrected chi connectivity index (χ0v) is 23.3. The van der Waals surface area contributed by atoms with Gasteiger partial charge in [-0.25, -0.2) is 9.64 Å². The lowest BCUT2D eigenvalue weighted by molar-refractivity contribution is -0.254. The normalized spacial score (nSPS) is 16.4. The Balaban J connectivity index is 1.67. The Morgan fingerprint density at radius 3 is 2.52 bits per heavy atom. The minimum Gasteiger partial charge on any atom is -0.500 e. The van der Waals surface area contributed by atoms with E-state index in [0.717, 1.165) is 43.1 Å². The second-order valence-electron chi connectivity index (χ2n) is 11.5. The van der Waals surface area contributed by atoms with Gasteiger partial charge in [0.2, 0.25) is 5.88 Å². The molecule has 2 aromatic heterocycles. The fourth-order valence-electron chi connectivity index (χ4n) is 5.69. The van der Waals surface area contributed by atoms with E-state index in [1.807, 2.05) is 0 Å². The zero-order valence-electron chi connectivity index (χ0n) is 23.3. The highest BCUT2D eigenvalue weighted by atomic mass is 17.3. The minimum atomic E-state index is -0.782. The molecular formula is C31H31N3O6. The first-order valence-corrected chi connectivity index (χ1v) is 13.1. The lowest BCUT2D eigenvalue weighted by Gasteiger charge is -2.48. The quantitative estimate of drug-likeness (QED) is 0.113. The predicted octanol–water partition coefficient (Wildman–Crippen LogP) is 5.52. The van der Waals surface area contributed by atoms with Crippen LogP contribution in [0.25, 0.3) is 28.0 Å². The molecule has 206 valence electrons. The second-order valence-corrected chi connectivity index (χ2v) is 11.5. The van der Waals surface area contributed by atoms with Crippen LogP contribution in [-0.2, 0) is 15.7 Å². The summed E-state index contributed by atoms with van der Waals surface area (Å²) < 4.78 is 6.43. The number of aromatic nitrogens is 1. The van der Waals surface area contributed by atoms with Crippen molar-refractivity contribution >= 4 is 34.5 Å². The largest absolute Gasteiger partial charge is 0.500 e. The van der Waals surface area contributed by atoms with Gasteiger partial charge in [-0.05, 0) is 66.0 Å². The third-order valence-electron chi connectivity index (χ3n) is 8.10. The zero-order chi connectivity index (χ0) is 29.0. The molecule has 0 unspecified atom stereocenters. The van der Waals surface area contributed by atoms with Gasteiger partial charge in [0.25, 0.3) is 11.2 Å². The Bertz CT molecular complexity index is 1790. The molecule has 0 saturated heterocycles. The summed E-state index contributed by atoms with van der Waals surface area (Å²) in [6.45, 7) is 23.1. The van der Waals surface area contributed by atoms with Crippen LogP contribution in [0.1, 0.15) is 68.4 Å². The van der Waals surface area contributed by atoms with Crippen molar-refractivity contribution in [1.82, 2.24) is 4.73 Å². The summed E-state index contributed by atoms with van der Waals surface area (Å²) >= 11 is 0. The molecule has 9 nitrogen and oxygen atoms in total. The van der Waals surface area contributed by atoms with Crippen LogP contribution in [0.2, 0.25) is 0 Å². The van der Waals surface area contributed by atoms with Crippen LogP contribution in [0.15, 0.2) is 44.7 Å². The van der Waals surface area contributed by atoms with E-state index in [9.17, 15) is 14.7 Å². The third kappa shape index (κ3) is 4.18. The van der Waals surface area contributed by atoms with E-state index in [1.165, 1.54) is 30.3 Å². The van der Waals surface area contributed by atoms with Gasteiger partial charge < -0.3 is 14.4 Å². The van der Waals surface area contributed by atoms with Crippen molar-refractivity contribution in [2.75, 3.05) is 18.0 Å². The van der Waals surface area contributed by atoms with E-state index < -0.39 is 17.1 Å². The Kier molecular flexibility index (Phi) is 6.40. The number of aromatic hydroxyl groups is 1. The highest BCUT2D eigenvalue weighted by Gasteiger charge is 2.41. The van der Waals surface area contributed by atoms with Crippen LogP contribution < -0.4 is 21.1 Å². The molecule has 1 N–H and O–H groups in total. The number of rotatable bonds is 5. The molecule has 0 saturated carbocycles. The Labute approximate surface area is 231 Å². The fraction of sp³-hybridized carbons (Fsp3) is 0.355. The molecule has 0 bridgehead atoms. The molecule has 1 aromatic carbocycles. The minimum absolute atomic E-state index is 0.0253. The summed E-state index contributed by atoms with van der Waals surface area (Å²) in [5.74, 6) is -0.702. The summed E-state index contributed by atoms with van der Waals surface area (Å²) in [5.41, 5.74) is 5.85. The Morgan fingerprint density at radius 2 is 1.85 bits per heavy atom. The first kappa shape index (κ1) is 26.9. The van der Waals surface area contributed by atoms with Crippen molar-refractivity contribution in [2.45, 2.75) is 58.3 Å². The van der Waals surface area contributed by atoms with Crippen molar-refractivity contribution in [3.8, 4) is 5.88 Å². The Morgan fingerprint density at radius 1 is 1.15 bits per heavy atom. The summed E-state index contributed by atoms with van der Waals surface area (Å²) in [6, 6.07) is 3.93. The van der Waals surface area contributed by atoms with E-state index >= 15 is 0 Å². The van der Waals surface area contributed by atoms with Crippen molar-refractivity contribution in [3.05, 3.63) is 90.7 Å². The van der Waals surface area contributed by atoms with Crippen molar-refractivity contribution < 1.29 is 19.4 Å². The molecule has 0 aliphatic carbocycles. The molecule has 0 amide bonds. The van der Waals surface area contributed by atoms with Crippen LogP contribution in [0.3, 0.4) is 0 Å². The number of fused-ring (bicyclic) bond motifs is 2. The van der Waals surface area contributed by atoms with Gasteiger partial charge in [0.05, 0.1) is 12.1 Å². The SMILES string of the molecule is [C-]#[N+]c1c(C)c(C=C=Cc2cc3cc4c5c(c3oc2=O)C(C)(C)CCN5CCC4(C)C)c(=O)n(OOC=C)c1O. The summed E-state index contributed by atoms with van der Waals surface area (Å²) in [4.78, 5) is 41.1. The van der Waals surface area contributed by atoms with Crippen LogP contribution in [0, 0.1) is 13.5 Å². The summed E-state index contributed by atoms with van der Waals surface area (Å²) in [7, 11) is 0. The number of pyridine rings is 1. The molecule has 0 fully saturated rings. The van der Waals surface area contributed by atoms with E-state index in [1.54, 1.807) is 6.07 Å². The number of nitrogens with zero attached hydrogens (tertiary/aromatic N) is 3. The molecule has 3 aromatic rings. The number of hydrogen-bond donors (Lipinski definition) is 1. The highest BCUT2D eigenvalue weighted by Crippen LogP contribution is 2.51. The monoisotopic (exact) mass is 541 g/mol. The van der Waals surface area contributed by atoms with E-state index in [0.29, 0.717) is 10.3 Å². The number of benzene rings is 1. The Hall–Kier alpha value is -4.67. The molecule has 0 atom stereocenters. The average Bonchev–Trinajstić information content (AvgIpc) is 2.89. The van der Waals surface area contributed by atoms with Gasteiger partial charge in [-0.2, -0.15) is 4.99 Å². The van der Waals surface area contributed by atoms with Gasteiger partial charge in [-0.15, -0.1) is 5.73 Å². The van der Waals surface area contributed by atoms with Gasteiger partial charge >= 0.3 is 5.63 Å². The molecule has 0 spiro atoms.